The summed E-state index contributed by atoms with van der Waals surface area (Å²) in [6, 6.07) is 13.6. The van der Waals surface area contributed by atoms with Crippen molar-refractivity contribution in [3.63, 3.8) is 0 Å². The van der Waals surface area contributed by atoms with Gasteiger partial charge in [-0.15, -0.1) is 0 Å². The number of esters is 1. The molecule has 1 N–H and O–H groups in total. The molecular weight excluding hydrogens is 381 g/mol. The number of para-hydroxylation sites is 2. The van der Waals surface area contributed by atoms with Gasteiger partial charge in [0.1, 0.15) is 11.9 Å². The molecule has 6 heteroatoms. The van der Waals surface area contributed by atoms with Crippen LogP contribution in [0.15, 0.2) is 59.8 Å². The first kappa shape index (κ1) is 18.9. The highest BCUT2D eigenvalue weighted by molar-refractivity contribution is 5.94. The Kier molecular flexibility index (Phi) is 4.77. The van der Waals surface area contributed by atoms with E-state index in [0.29, 0.717) is 22.8 Å². The lowest BCUT2D eigenvalue weighted by molar-refractivity contribution is -0.146. The highest BCUT2D eigenvalue weighted by Crippen LogP contribution is 2.40. The van der Waals surface area contributed by atoms with Crippen molar-refractivity contribution in [2.45, 2.75) is 51.2 Å². The summed E-state index contributed by atoms with van der Waals surface area (Å²) in [5.41, 5.74) is 3.13. The Balaban J connectivity index is 1.64. The fraction of sp³-hybridized carbons (Fsp3) is 0.333. The number of ether oxygens (including phenoxy) is 1. The average molecular weight is 405 g/mol. The Morgan fingerprint density at radius 1 is 1.10 bits per heavy atom. The number of anilines is 1. The van der Waals surface area contributed by atoms with Gasteiger partial charge in [-0.1, -0.05) is 36.8 Å². The van der Waals surface area contributed by atoms with E-state index in [0.717, 1.165) is 36.7 Å². The molecule has 0 spiro atoms. The topological polar surface area (TPSA) is 56.2 Å². The molecule has 30 heavy (non-hydrogen) atoms. The van der Waals surface area contributed by atoms with Crippen LogP contribution in [-0.2, 0) is 9.53 Å². The zero-order valence-corrected chi connectivity index (χ0v) is 16.9. The third-order valence-electron chi connectivity index (χ3n) is 6.08. The van der Waals surface area contributed by atoms with Crippen molar-refractivity contribution in [2.24, 2.45) is 0 Å². The fourth-order valence-corrected chi connectivity index (χ4v) is 4.62. The molecule has 2 heterocycles. The highest BCUT2D eigenvalue weighted by Gasteiger charge is 2.37. The second-order valence-corrected chi connectivity index (χ2v) is 8.05. The third-order valence-corrected chi connectivity index (χ3v) is 6.08. The van der Waals surface area contributed by atoms with Gasteiger partial charge in [0.2, 0.25) is 5.95 Å². The molecule has 5 nitrogen and oxygen atoms in total. The molecule has 1 aliphatic heterocycles. The van der Waals surface area contributed by atoms with Crippen LogP contribution in [0.1, 0.15) is 50.6 Å². The number of rotatable bonds is 3. The Hall–Kier alpha value is -3.15. The van der Waals surface area contributed by atoms with Crippen molar-refractivity contribution in [1.29, 1.82) is 0 Å². The lowest BCUT2D eigenvalue weighted by Crippen LogP contribution is -2.31. The maximum absolute atomic E-state index is 15.0. The lowest BCUT2D eigenvalue weighted by Gasteiger charge is -2.31. The number of carbonyl (C=O) groups excluding carboxylic acids is 1. The van der Waals surface area contributed by atoms with E-state index in [1.807, 2.05) is 35.8 Å². The average Bonchev–Trinajstić information content (AvgIpc) is 3.11. The molecule has 0 amide bonds. The zero-order valence-electron chi connectivity index (χ0n) is 16.9. The smallest absolute Gasteiger partial charge is 0.338 e. The quantitative estimate of drug-likeness (QED) is 0.598. The van der Waals surface area contributed by atoms with E-state index in [9.17, 15) is 9.18 Å². The van der Waals surface area contributed by atoms with Gasteiger partial charge in [0.05, 0.1) is 22.6 Å². The van der Waals surface area contributed by atoms with Crippen molar-refractivity contribution in [2.75, 3.05) is 5.32 Å². The number of allylic oxidation sites excluding steroid dienone is 1. The van der Waals surface area contributed by atoms with Crippen LogP contribution < -0.4 is 5.32 Å². The van der Waals surface area contributed by atoms with Gasteiger partial charge in [0, 0.05) is 11.3 Å². The fourth-order valence-electron chi connectivity index (χ4n) is 4.62. The molecule has 0 saturated heterocycles. The molecule has 1 aromatic heterocycles. The number of aromatic nitrogens is 2. The summed E-state index contributed by atoms with van der Waals surface area (Å²) in [7, 11) is 0. The summed E-state index contributed by atoms with van der Waals surface area (Å²) in [5.74, 6) is -0.149. The molecule has 0 radical (unpaired) electrons. The van der Waals surface area contributed by atoms with Crippen LogP contribution in [0.25, 0.3) is 11.0 Å². The minimum absolute atomic E-state index is 0.0752. The number of halogens is 1. The minimum atomic E-state index is -0.647. The Morgan fingerprint density at radius 3 is 2.63 bits per heavy atom. The molecule has 1 fully saturated rings. The minimum Gasteiger partial charge on any atom is -0.459 e. The van der Waals surface area contributed by atoms with E-state index in [1.165, 1.54) is 12.5 Å². The highest BCUT2D eigenvalue weighted by atomic mass is 19.1. The zero-order chi connectivity index (χ0) is 20.7. The number of fused-ring (bicyclic) bond motifs is 3. The van der Waals surface area contributed by atoms with Crippen LogP contribution >= 0.6 is 0 Å². The summed E-state index contributed by atoms with van der Waals surface area (Å²) in [5, 5.41) is 3.24. The Morgan fingerprint density at radius 2 is 1.83 bits per heavy atom. The number of hydrogen-bond acceptors (Lipinski definition) is 4. The van der Waals surface area contributed by atoms with Gasteiger partial charge in [-0.3, -0.25) is 4.57 Å². The van der Waals surface area contributed by atoms with Gasteiger partial charge in [-0.2, -0.15) is 0 Å². The van der Waals surface area contributed by atoms with Crippen molar-refractivity contribution in [3.05, 3.63) is 71.2 Å². The summed E-state index contributed by atoms with van der Waals surface area (Å²) in [4.78, 5) is 18.0. The molecule has 2 aliphatic rings. The molecule has 1 aliphatic carbocycles. The van der Waals surface area contributed by atoms with Crippen molar-refractivity contribution in [1.82, 2.24) is 9.55 Å². The Bertz CT molecular complexity index is 1140. The standard InChI is InChI=1S/C24H24FN3O2/c1-15-21(23(29)30-16-9-3-2-4-10-16)22(17-11-5-6-12-18(17)25)28-20-14-8-7-13-19(20)27-24(28)26-15/h5-8,11-14,16,22H,2-4,9-10H2,1H3,(H,26,27)/t22-/m1/s1. The monoisotopic (exact) mass is 405 g/mol. The summed E-state index contributed by atoms with van der Waals surface area (Å²) in [6.45, 7) is 1.83. The van der Waals surface area contributed by atoms with Gasteiger partial charge in [-0.25, -0.2) is 14.2 Å². The first-order chi connectivity index (χ1) is 14.6. The van der Waals surface area contributed by atoms with Gasteiger partial charge in [0.25, 0.3) is 0 Å². The van der Waals surface area contributed by atoms with E-state index >= 15 is 0 Å². The summed E-state index contributed by atoms with van der Waals surface area (Å²) >= 11 is 0. The number of carbonyl (C=O) groups is 1. The van der Waals surface area contributed by atoms with Crippen molar-refractivity contribution < 1.29 is 13.9 Å². The van der Waals surface area contributed by atoms with Gasteiger partial charge < -0.3 is 10.1 Å². The molecule has 0 bridgehead atoms. The van der Waals surface area contributed by atoms with E-state index in [2.05, 4.69) is 10.3 Å². The van der Waals surface area contributed by atoms with E-state index in [4.69, 9.17) is 4.74 Å². The van der Waals surface area contributed by atoms with Crippen LogP contribution in [0, 0.1) is 5.82 Å². The van der Waals surface area contributed by atoms with Crippen LogP contribution in [0.3, 0.4) is 0 Å². The second kappa shape index (κ2) is 7.59. The molecule has 154 valence electrons. The molecule has 1 atom stereocenters. The van der Waals surface area contributed by atoms with Crippen LogP contribution in [0.4, 0.5) is 10.3 Å². The molecule has 3 aromatic rings. The van der Waals surface area contributed by atoms with Gasteiger partial charge in [-0.05, 0) is 50.8 Å². The molecule has 5 rings (SSSR count). The normalized spacial score (nSPS) is 19.5. The predicted molar refractivity (Wildman–Crippen MR) is 114 cm³/mol. The number of nitrogens with one attached hydrogen (secondary N) is 1. The number of benzene rings is 2. The number of imidazole rings is 1. The maximum Gasteiger partial charge on any atom is 0.338 e. The van der Waals surface area contributed by atoms with Crippen molar-refractivity contribution >= 4 is 23.0 Å². The lowest BCUT2D eigenvalue weighted by atomic mass is 9.94. The van der Waals surface area contributed by atoms with Gasteiger partial charge in [0.15, 0.2) is 0 Å². The first-order valence-corrected chi connectivity index (χ1v) is 10.5. The van der Waals surface area contributed by atoms with E-state index in [1.54, 1.807) is 18.2 Å². The number of nitrogens with zero attached hydrogens (tertiary/aromatic N) is 2. The third kappa shape index (κ3) is 3.16. The summed E-state index contributed by atoms with van der Waals surface area (Å²) in [6.07, 6.45) is 5.01. The van der Waals surface area contributed by atoms with Gasteiger partial charge >= 0.3 is 5.97 Å². The second-order valence-electron chi connectivity index (χ2n) is 8.05. The largest absolute Gasteiger partial charge is 0.459 e. The number of hydrogen-bond donors (Lipinski definition) is 1. The summed E-state index contributed by atoms with van der Waals surface area (Å²) < 4.78 is 22.8. The molecule has 0 unspecified atom stereocenters. The first-order valence-electron chi connectivity index (χ1n) is 10.5. The molecule has 1 saturated carbocycles. The molecular formula is C24H24FN3O2. The van der Waals surface area contributed by atoms with Crippen LogP contribution in [0.2, 0.25) is 0 Å². The Labute approximate surface area is 174 Å². The van der Waals surface area contributed by atoms with Crippen LogP contribution in [0.5, 0.6) is 0 Å². The molecule has 2 aromatic carbocycles. The predicted octanol–water partition coefficient (Wildman–Crippen LogP) is 5.34. The van der Waals surface area contributed by atoms with Crippen LogP contribution in [-0.4, -0.2) is 21.6 Å². The van der Waals surface area contributed by atoms with E-state index in [-0.39, 0.29) is 17.9 Å². The van der Waals surface area contributed by atoms with E-state index < -0.39 is 6.04 Å². The SMILES string of the molecule is CC1=C(C(=O)OC2CCCCC2)[C@@H](c2ccccc2F)n2c(nc3ccccc32)N1. The maximum atomic E-state index is 15.0. The van der Waals surface area contributed by atoms with Crippen molar-refractivity contribution in [3.8, 4) is 0 Å².